The van der Waals surface area contributed by atoms with Crippen molar-refractivity contribution in [3.63, 3.8) is 0 Å². The summed E-state index contributed by atoms with van der Waals surface area (Å²) in [7, 11) is 0. The van der Waals surface area contributed by atoms with Crippen molar-refractivity contribution in [2.45, 2.75) is 32.4 Å². The maximum Gasteiger partial charge on any atom is 0.224 e. The summed E-state index contributed by atoms with van der Waals surface area (Å²) in [6, 6.07) is 9.43. The Bertz CT molecular complexity index is 418. The first-order chi connectivity index (χ1) is 8.99. The van der Waals surface area contributed by atoms with E-state index in [1.54, 1.807) is 11.8 Å². The Hall–Kier alpha value is -1.88. The van der Waals surface area contributed by atoms with Gasteiger partial charge < -0.3 is 16.4 Å². The van der Waals surface area contributed by atoms with Crippen LogP contribution in [0.5, 0.6) is 0 Å². The van der Waals surface area contributed by atoms with Crippen molar-refractivity contribution in [3.05, 3.63) is 35.9 Å². The molecule has 5 nitrogen and oxygen atoms in total. The number of rotatable bonds is 7. The molecule has 1 atom stereocenters. The molecule has 0 aliphatic rings. The summed E-state index contributed by atoms with van der Waals surface area (Å²) in [5, 5.41) is 0. The van der Waals surface area contributed by atoms with Crippen molar-refractivity contribution in [3.8, 4) is 0 Å². The van der Waals surface area contributed by atoms with Crippen LogP contribution in [0.2, 0.25) is 0 Å². The van der Waals surface area contributed by atoms with Crippen molar-refractivity contribution in [1.82, 2.24) is 4.90 Å². The molecular weight excluding hydrogens is 242 g/mol. The third-order valence-corrected chi connectivity index (χ3v) is 2.69. The van der Waals surface area contributed by atoms with Crippen LogP contribution < -0.4 is 11.5 Å². The Morgan fingerprint density at radius 2 is 1.89 bits per heavy atom. The van der Waals surface area contributed by atoms with Crippen molar-refractivity contribution >= 4 is 11.8 Å². The largest absolute Gasteiger partial charge is 0.370 e. The molecule has 2 amide bonds. The normalized spacial score (nSPS) is 11.9. The molecule has 4 N–H and O–H groups in total. The Morgan fingerprint density at radius 3 is 2.42 bits per heavy atom. The van der Waals surface area contributed by atoms with Gasteiger partial charge in [-0.1, -0.05) is 30.3 Å². The van der Waals surface area contributed by atoms with Crippen molar-refractivity contribution in [2.75, 3.05) is 6.54 Å². The number of hydrogen-bond acceptors (Lipinski definition) is 3. The van der Waals surface area contributed by atoms with Crippen LogP contribution >= 0.6 is 0 Å². The van der Waals surface area contributed by atoms with Crippen LogP contribution in [0.4, 0.5) is 0 Å². The van der Waals surface area contributed by atoms with E-state index < -0.39 is 5.91 Å². The summed E-state index contributed by atoms with van der Waals surface area (Å²) in [5.74, 6) is -0.466. The number of benzene rings is 1. The summed E-state index contributed by atoms with van der Waals surface area (Å²) < 4.78 is 0. The molecule has 5 heteroatoms. The van der Waals surface area contributed by atoms with Crippen LogP contribution in [0.25, 0.3) is 0 Å². The van der Waals surface area contributed by atoms with Gasteiger partial charge in [0.15, 0.2) is 0 Å². The lowest BCUT2D eigenvalue weighted by Crippen LogP contribution is -2.36. The first kappa shape index (κ1) is 15.2. The molecule has 0 saturated heterocycles. The predicted octanol–water partition coefficient (Wildman–Crippen LogP) is 0.628. The molecule has 1 aromatic rings. The third-order valence-electron chi connectivity index (χ3n) is 2.69. The van der Waals surface area contributed by atoms with E-state index in [9.17, 15) is 9.59 Å². The number of hydrogen-bond donors (Lipinski definition) is 2. The molecule has 19 heavy (non-hydrogen) atoms. The first-order valence-corrected chi connectivity index (χ1v) is 6.34. The Labute approximate surface area is 113 Å². The van der Waals surface area contributed by atoms with E-state index in [2.05, 4.69) is 0 Å². The number of primary amides is 1. The van der Waals surface area contributed by atoms with Crippen molar-refractivity contribution in [1.29, 1.82) is 0 Å². The van der Waals surface area contributed by atoms with Crippen LogP contribution in [0, 0.1) is 0 Å². The third kappa shape index (κ3) is 6.01. The van der Waals surface area contributed by atoms with Gasteiger partial charge in [0.2, 0.25) is 11.8 Å². The van der Waals surface area contributed by atoms with Gasteiger partial charge in [0, 0.05) is 32.0 Å². The summed E-state index contributed by atoms with van der Waals surface area (Å²) in [6.45, 7) is 2.59. The van der Waals surface area contributed by atoms with E-state index in [1.165, 1.54) is 0 Å². The highest BCUT2D eigenvalue weighted by molar-refractivity contribution is 5.78. The zero-order chi connectivity index (χ0) is 14.3. The Balaban J connectivity index is 2.68. The lowest BCUT2D eigenvalue weighted by molar-refractivity contribution is -0.132. The van der Waals surface area contributed by atoms with E-state index in [-0.39, 0.29) is 24.8 Å². The van der Waals surface area contributed by atoms with E-state index >= 15 is 0 Å². The molecule has 0 aliphatic heterocycles. The van der Waals surface area contributed by atoms with Gasteiger partial charge in [0.25, 0.3) is 0 Å². The lowest BCUT2D eigenvalue weighted by Gasteiger charge is -2.23. The minimum absolute atomic E-state index is 0.0555. The zero-order valence-corrected chi connectivity index (χ0v) is 11.2. The van der Waals surface area contributed by atoms with E-state index in [4.69, 9.17) is 11.5 Å². The van der Waals surface area contributed by atoms with Gasteiger partial charge in [-0.05, 0) is 12.5 Å². The van der Waals surface area contributed by atoms with Crippen LogP contribution in [0.3, 0.4) is 0 Å². The summed E-state index contributed by atoms with van der Waals surface area (Å²) >= 11 is 0. The molecule has 1 unspecified atom stereocenters. The molecule has 104 valence electrons. The Kier molecular flexibility index (Phi) is 6.02. The number of nitrogens with two attached hydrogens (primary N) is 2. The molecule has 0 aromatic heterocycles. The lowest BCUT2D eigenvalue weighted by atomic mass is 10.1. The number of carbonyl (C=O) groups is 2. The first-order valence-electron chi connectivity index (χ1n) is 6.34. The second kappa shape index (κ2) is 7.53. The number of nitrogens with zero attached hydrogens (tertiary/aromatic N) is 1. The molecule has 0 heterocycles. The second-order valence-corrected chi connectivity index (χ2v) is 4.70. The fourth-order valence-corrected chi connectivity index (χ4v) is 1.75. The highest BCUT2D eigenvalue weighted by Gasteiger charge is 2.16. The van der Waals surface area contributed by atoms with Crippen LogP contribution in [-0.2, 0) is 16.1 Å². The average Bonchev–Trinajstić information content (AvgIpc) is 2.34. The molecule has 0 aliphatic carbocycles. The minimum Gasteiger partial charge on any atom is -0.370 e. The second-order valence-electron chi connectivity index (χ2n) is 4.70. The van der Waals surface area contributed by atoms with E-state index in [0.717, 1.165) is 5.56 Å². The fourth-order valence-electron chi connectivity index (χ4n) is 1.75. The maximum atomic E-state index is 12.1. The minimum atomic E-state index is -0.411. The van der Waals surface area contributed by atoms with Gasteiger partial charge in [0.05, 0.1) is 0 Å². The Morgan fingerprint density at radius 1 is 1.26 bits per heavy atom. The van der Waals surface area contributed by atoms with E-state index in [0.29, 0.717) is 13.1 Å². The smallest absolute Gasteiger partial charge is 0.224 e. The van der Waals surface area contributed by atoms with Gasteiger partial charge in [0.1, 0.15) is 0 Å². The predicted molar refractivity (Wildman–Crippen MR) is 73.9 cm³/mol. The van der Waals surface area contributed by atoms with Gasteiger partial charge in [-0.2, -0.15) is 0 Å². The topological polar surface area (TPSA) is 89.4 Å². The van der Waals surface area contributed by atoms with Gasteiger partial charge >= 0.3 is 0 Å². The summed E-state index contributed by atoms with van der Waals surface area (Å²) in [5.41, 5.74) is 11.8. The maximum absolute atomic E-state index is 12.1. The highest BCUT2D eigenvalue weighted by Crippen LogP contribution is 2.07. The number of carbonyl (C=O) groups excluding carboxylic acids is 2. The monoisotopic (exact) mass is 263 g/mol. The van der Waals surface area contributed by atoms with Crippen LogP contribution in [0.1, 0.15) is 25.3 Å². The van der Waals surface area contributed by atoms with Gasteiger partial charge in [-0.15, -0.1) is 0 Å². The molecular formula is C14H21N3O2. The quantitative estimate of drug-likeness (QED) is 0.756. The number of amides is 2. The van der Waals surface area contributed by atoms with Crippen LogP contribution in [0.15, 0.2) is 30.3 Å². The molecule has 0 saturated carbocycles. The molecule has 0 fully saturated rings. The molecule has 1 aromatic carbocycles. The summed E-state index contributed by atoms with van der Waals surface area (Å²) in [4.78, 5) is 24.6. The average molecular weight is 263 g/mol. The SMILES string of the molecule is CC(N)CC(=O)N(CCC(N)=O)Cc1ccccc1. The standard InChI is InChI=1S/C14H21N3O2/c1-11(15)9-14(19)17(8-7-13(16)18)10-12-5-3-2-4-6-12/h2-6,11H,7-10,15H2,1H3,(H2,16,18). The molecule has 0 bridgehead atoms. The molecule has 0 spiro atoms. The molecule has 1 rings (SSSR count). The van der Waals surface area contributed by atoms with Gasteiger partial charge in [-0.25, -0.2) is 0 Å². The van der Waals surface area contributed by atoms with Crippen LogP contribution in [-0.4, -0.2) is 29.3 Å². The van der Waals surface area contributed by atoms with Crippen molar-refractivity contribution in [2.24, 2.45) is 11.5 Å². The molecule has 0 radical (unpaired) electrons. The zero-order valence-electron chi connectivity index (χ0n) is 11.2. The fraction of sp³-hybridized carbons (Fsp3) is 0.429. The van der Waals surface area contributed by atoms with E-state index in [1.807, 2.05) is 30.3 Å². The van der Waals surface area contributed by atoms with Gasteiger partial charge in [-0.3, -0.25) is 9.59 Å². The highest BCUT2D eigenvalue weighted by atomic mass is 16.2. The summed E-state index contributed by atoms with van der Waals surface area (Å²) in [6.07, 6.45) is 0.434. The van der Waals surface area contributed by atoms with Crippen molar-refractivity contribution < 1.29 is 9.59 Å².